The first-order chi connectivity index (χ1) is 10.0. The minimum atomic E-state index is -2.75. The van der Waals surface area contributed by atoms with Crippen molar-refractivity contribution in [2.45, 2.75) is 6.55 Å². The smallest absolute Gasteiger partial charge is 0.333 e. The largest absolute Gasteiger partial charge is 0.506 e. The molecule has 3 heterocycles. The molecule has 9 heteroatoms. The van der Waals surface area contributed by atoms with Gasteiger partial charge in [0.2, 0.25) is 0 Å². The summed E-state index contributed by atoms with van der Waals surface area (Å²) < 4.78 is 26.8. The highest BCUT2D eigenvalue weighted by atomic mass is 19.3. The number of halogens is 2. The topological polar surface area (TPSA) is 105 Å². The lowest BCUT2D eigenvalue weighted by molar-refractivity contribution is 0.0566. The number of nitrogens with zero attached hydrogens (tertiary/aromatic N) is 5. The molecule has 0 atom stereocenters. The van der Waals surface area contributed by atoms with Gasteiger partial charge < -0.3 is 10.8 Å². The molecule has 3 aromatic rings. The highest BCUT2D eigenvalue weighted by Gasteiger charge is 2.16. The van der Waals surface area contributed by atoms with Crippen LogP contribution in [0.15, 0.2) is 24.7 Å². The minimum Gasteiger partial charge on any atom is -0.506 e. The average Bonchev–Trinajstić information content (AvgIpc) is 3.02. The van der Waals surface area contributed by atoms with E-state index in [1.165, 1.54) is 23.0 Å². The van der Waals surface area contributed by atoms with E-state index in [-0.39, 0.29) is 22.6 Å². The summed E-state index contributed by atoms with van der Waals surface area (Å²) in [4.78, 5) is 0. The van der Waals surface area contributed by atoms with E-state index in [1.54, 1.807) is 0 Å². The second-order valence-electron chi connectivity index (χ2n) is 4.27. The Labute approximate surface area is 116 Å². The van der Waals surface area contributed by atoms with Crippen molar-refractivity contribution >= 4 is 11.3 Å². The monoisotopic (exact) mass is 290 g/mol. The minimum absolute atomic E-state index is 0.0202. The molecule has 7 nitrogen and oxygen atoms in total. The molecule has 0 radical (unpaired) electrons. The predicted molar refractivity (Wildman–Crippen MR) is 68.5 cm³/mol. The van der Waals surface area contributed by atoms with Crippen LogP contribution in [0.25, 0.3) is 16.6 Å². The van der Waals surface area contributed by atoms with Crippen LogP contribution >= 0.6 is 0 Å². The fourth-order valence-corrected chi connectivity index (χ4v) is 2.04. The molecule has 0 saturated heterocycles. The number of nitriles is 1. The lowest BCUT2D eigenvalue weighted by Crippen LogP contribution is -1.96. The standard InChI is InChI=1S/C12H8F2N6O/c13-12(14)20-5-7(3-17-20)6-1-9(21)10-8(2-15)11(16)18-19(10)4-6/h1,3-5,12,21H,(H2,16,18). The molecular formula is C12H8F2N6O. The number of aromatic hydroxyl groups is 1. The second kappa shape index (κ2) is 4.45. The van der Waals surface area contributed by atoms with Crippen molar-refractivity contribution in [3.8, 4) is 22.9 Å². The van der Waals surface area contributed by atoms with Gasteiger partial charge in [0.15, 0.2) is 5.82 Å². The summed E-state index contributed by atoms with van der Waals surface area (Å²) in [5.74, 6) is -0.244. The van der Waals surface area contributed by atoms with E-state index in [2.05, 4.69) is 10.2 Å². The van der Waals surface area contributed by atoms with Crippen LogP contribution in [-0.2, 0) is 0 Å². The number of fused-ring (bicyclic) bond motifs is 1. The van der Waals surface area contributed by atoms with Gasteiger partial charge in [-0.1, -0.05) is 0 Å². The van der Waals surface area contributed by atoms with E-state index in [4.69, 9.17) is 11.0 Å². The number of rotatable bonds is 2. The third-order valence-electron chi connectivity index (χ3n) is 2.98. The number of hydrogen-bond donors (Lipinski definition) is 2. The van der Waals surface area contributed by atoms with Crippen molar-refractivity contribution in [1.29, 1.82) is 5.26 Å². The first kappa shape index (κ1) is 12.9. The zero-order valence-corrected chi connectivity index (χ0v) is 10.4. The van der Waals surface area contributed by atoms with Crippen LogP contribution in [-0.4, -0.2) is 24.5 Å². The third kappa shape index (κ3) is 1.93. The van der Waals surface area contributed by atoms with Gasteiger partial charge in [0.1, 0.15) is 22.9 Å². The molecule has 0 aliphatic heterocycles. The summed E-state index contributed by atoms with van der Waals surface area (Å²) in [7, 11) is 0. The van der Waals surface area contributed by atoms with E-state index in [9.17, 15) is 13.9 Å². The van der Waals surface area contributed by atoms with Crippen molar-refractivity contribution in [2.24, 2.45) is 0 Å². The zero-order chi connectivity index (χ0) is 15.1. The first-order valence-electron chi connectivity index (χ1n) is 5.75. The summed E-state index contributed by atoms with van der Waals surface area (Å²) in [5.41, 5.74) is 6.60. The molecule has 106 valence electrons. The van der Waals surface area contributed by atoms with Crippen molar-refractivity contribution in [1.82, 2.24) is 19.4 Å². The van der Waals surface area contributed by atoms with E-state index in [1.807, 2.05) is 6.07 Å². The van der Waals surface area contributed by atoms with Crippen molar-refractivity contribution < 1.29 is 13.9 Å². The van der Waals surface area contributed by atoms with Gasteiger partial charge in [0.25, 0.3) is 0 Å². The zero-order valence-electron chi connectivity index (χ0n) is 10.4. The van der Waals surface area contributed by atoms with E-state index in [0.717, 1.165) is 6.20 Å². The number of nitrogens with two attached hydrogens (primary N) is 1. The second-order valence-corrected chi connectivity index (χ2v) is 4.27. The van der Waals surface area contributed by atoms with Gasteiger partial charge in [-0.15, -0.1) is 5.10 Å². The number of alkyl halides is 2. The fourth-order valence-electron chi connectivity index (χ4n) is 2.04. The van der Waals surface area contributed by atoms with Gasteiger partial charge in [0.05, 0.1) is 6.20 Å². The molecule has 3 rings (SSSR count). The van der Waals surface area contributed by atoms with Gasteiger partial charge in [-0.25, -0.2) is 9.20 Å². The van der Waals surface area contributed by atoms with Gasteiger partial charge >= 0.3 is 6.55 Å². The molecule has 0 aromatic carbocycles. The predicted octanol–water partition coefficient (Wildman–Crippen LogP) is 1.75. The Bertz CT molecular complexity index is 876. The molecule has 0 fully saturated rings. The first-order valence-corrected chi connectivity index (χ1v) is 5.75. The molecule has 0 bridgehead atoms. The van der Waals surface area contributed by atoms with Crippen LogP contribution in [0.5, 0.6) is 5.75 Å². The lowest BCUT2D eigenvalue weighted by atomic mass is 10.1. The van der Waals surface area contributed by atoms with Crippen molar-refractivity contribution in [3.05, 3.63) is 30.2 Å². The normalized spacial score (nSPS) is 11.1. The van der Waals surface area contributed by atoms with Crippen LogP contribution in [0.3, 0.4) is 0 Å². The van der Waals surface area contributed by atoms with Gasteiger partial charge in [-0.3, -0.25) is 0 Å². The molecule has 3 aromatic heterocycles. The van der Waals surface area contributed by atoms with Crippen molar-refractivity contribution in [2.75, 3.05) is 5.73 Å². The van der Waals surface area contributed by atoms with Crippen LogP contribution in [0.4, 0.5) is 14.6 Å². The molecule has 0 aliphatic rings. The fraction of sp³-hybridized carbons (Fsp3) is 0.0833. The van der Waals surface area contributed by atoms with E-state index < -0.39 is 6.55 Å². The maximum atomic E-state index is 12.5. The molecule has 0 unspecified atom stereocenters. The summed E-state index contributed by atoms with van der Waals surface area (Å²) >= 11 is 0. The Morgan fingerprint density at radius 2 is 2.10 bits per heavy atom. The number of anilines is 1. The Hall–Kier alpha value is -3.15. The Kier molecular flexibility index (Phi) is 2.72. The molecule has 0 amide bonds. The molecule has 21 heavy (non-hydrogen) atoms. The molecule has 0 aliphatic carbocycles. The Morgan fingerprint density at radius 1 is 1.33 bits per heavy atom. The maximum absolute atomic E-state index is 12.5. The highest BCUT2D eigenvalue weighted by Crippen LogP contribution is 2.31. The molecule has 0 spiro atoms. The van der Waals surface area contributed by atoms with Gasteiger partial charge in [0, 0.05) is 23.5 Å². The average molecular weight is 290 g/mol. The van der Waals surface area contributed by atoms with E-state index >= 15 is 0 Å². The summed E-state index contributed by atoms with van der Waals surface area (Å²) in [6.07, 6.45) is 3.85. The highest BCUT2D eigenvalue weighted by molar-refractivity contribution is 5.79. The van der Waals surface area contributed by atoms with Crippen LogP contribution in [0.2, 0.25) is 0 Å². The van der Waals surface area contributed by atoms with Crippen LogP contribution < -0.4 is 5.73 Å². The number of aromatic nitrogens is 4. The molecular weight excluding hydrogens is 282 g/mol. The third-order valence-corrected chi connectivity index (χ3v) is 2.98. The molecule has 0 saturated carbocycles. The maximum Gasteiger partial charge on any atom is 0.333 e. The Morgan fingerprint density at radius 3 is 2.71 bits per heavy atom. The summed E-state index contributed by atoms with van der Waals surface area (Å²) in [6.45, 7) is -2.75. The quantitative estimate of drug-likeness (QED) is 0.748. The lowest BCUT2D eigenvalue weighted by Gasteiger charge is -2.02. The SMILES string of the molecule is N#Cc1c(N)nn2cc(-c3cnn(C(F)F)c3)cc(O)c12. The summed E-state index contributed by atoms with van der Waals surface area (Å²) in [6, 6.07) is 3.19. The van der Waals surface area contributed by atoms with Crippen molar-refractivity contribution in [3.63, 3.8) is 0 Å². The van der Waals surface area contributed by atoms with Crippen LogP contribution in [0, 0.1) is 11.3 Å². The number of pyridine rings is 1. The number of nitrogen functional groups attached to an aromatic ring is 1. The Balaban J connectivity index is 2.19. The number of hydrogen-bond acceptors (Lipinski definition) is 5. The molecule has 3 N–H and O–H groups in total. The summed E-state index contributed by atoms with van der Waals surface area (Å²) in [5, 5.41) is 26.4. The van der Waals surface area contributed by atoms with Gasteiger partial charge in [-0.2, -0.15) is 19.1 Å². The van der Waals surface area contributed by atoms with Gasteiger partial charge in [-0.05, 0) is 6.07 Å². The van der Waals surface area contributed by atoms with Crippen LogP contribution in [0.1, 0.15) is 12.1 Å². The van der Waals surface area contributed by atoms with E-state index in [0.29, 0.717) is 15.8 Å².